The van der Waals surface area contributed by atoms with Crippen LogP contribution in [0.3, 0.4) is 0 Å². The minimum absolute atomic E-state index is 0.106. The molecule has 0 heterocycles. The predicted molar refractivity (Wildman–Crippen MR) is 56.2 cm³/mol. The van der Waals surface area contributed by atoms with Gasteiger partial charge in [-0.2, -0.15) is 0 Å². The Kier molecular flexibility index (Phi) is 4.23. The Labute approximate surface area is 92.3 Å². The minimum atomic E-state index is -0.682. The quantitative estimate of drug-likeness (QED) is 0.346. The third-order valence-corrected chi connectivity index (χ3v) is 1.79. The summed E-state index contributed by atoms with van der Waals surface area (Å²) in [7, 11) is 0. The molecule has 0 aromatic heterocycles. The fourth-order valence-corrected chi connectivity index (χ4v) is 1.07. The van der Waals surface area contributed by atoms with Gasteiger partial charge in [-0.05, 0) is 18.2 Å². The maximum absolute atomic E-state index is 11.4. The molecule has 1 aromatic rings. The van der Waals surface area contributed by atoms with Gasteiger partial charge in [0.2, 0.25) is 0 Å². The van der Waals surface area contributed by atoms with Crippen LogP contribution >= 0.6 is 0 Å². The van der Waals surface area contributed by atoms with Gasteiger partial charge in [0.05, 0.1) is 5.56 Å². The van der Waals surface area contributed by atoms with Crippen molar-refractivity contribution in [3.8, 4) is 0 Å². The Morgan fingerprint density at radius 3 is 2.75 bits per heavy atom. The molecule has 0 aliphatic carbocycles. The SMILES string of the molecule is C=CCOC(=O)c1cccc(C(=O)NO)c1. The Hall–Kier alpha value is -2.14. The topological polar surface area (TPSA) is 75.6 Å². The highest BCUT2D eigenvalue weighted by atomic mass is 16.5. The van der Waals surface area contributed by atoms with E-state index in [9.17, 15) is 9.59 Å². The number of benzene rings is 1. The van der Waals surface area contributed by atoms with E-state index in [0.717, 1.165) is 0 Å². The van der Waals surface area contributed by atoms with Crippen LogP contribution in [0.5, 0.6) is 0 Å². The van der Waals surface area contributed by atoms with Gasteiger partial charge in [-0.15, -0.1) is 0 Å². The van der Waals surface area contributed by atoms with E-state index in [1.807, 2.05) is 0 Å². The van der Waals surface area contributed by atoms with Crippen LogP contribution in [0.1, 0.15) is 20.7 Å². The van der Waals surface area contributed by atoms with Crippen molar-refractivity contribution in [2.75, 3.05) is 6.61 Å². The van der Waals surface area contributed by atoms with E-state index in [-0.39, 0.29) is 17.7 Å². The van der Waals surface area contributed by atoms with E-state index in [1.165, 1.54) is 35.8 Å². The number of amides is 1. The first-order chi connectivity index (χ1) is 7.69. The standard InChI is InChI=1S/C11H11NO4/c1-2-6-16-11(14)9-5-3-4-8(7-9)10(13)12-15/h2-5,7,15H,1,6H2,(H,12,13). The summed E-state index contributed by atoms with van der Waals surface area (Å²) in [5.74, 6) is -1.23. The molecule has 1 rings (SSSR count). The second kappa shape index (κ2) is 5.67. The molecule has 0 saturated heterocycles. The summed E-state index contributed by atoms with van der Waals surface area (Å²) in [5, 5.41) is 8.43. The summed E-state index contributed by atoms with van der Waals surface area (Å²) in [6, 6.07) is 5.83. The van der Waals surface area contributed by atoms with Crippen molar-refractivity contribution in [1.82, 2.24) is 5.48 Å². The molecule has 0 saturated carbocycles. The fraction of sp³-hybridized carbons (Fsp3) is 0.0909. The number of hydrogen-bond acceptors (Lipinski definition) is 4. The third kappa shape index (κ3) is 2.93. The molecule has 0 aliphatic rings. The second-order valence-corrected chi connectivity index (χ2v) is 2.91. The lowest BCUT2D eigenvalue weighted by Crippen LogP contribution is -2.19. The van der Waals surface area contributed by atoms with Gasteiger partial charge in [-0.3, -0.25) is 10.0 Å². The molecule has 0 aliphatic heterocycles. The van der Waals surface area contributed by atoms with E-state index >= 15 is 0 Å². The highest BCUT2D eigenvalue weighted by Gasteiger charge is 2.10. The van der Waals surface area contributed by atoms with Crippen molar-refractivity contribution in [1.29, 1.82) is 0 Å². The van der Waals surface area contributed by atoms with Gasteiger partial charge in [-0.1, -0.05) is 18.7 Å². The summed E-state index contributed by atoms with van der Waals surface area (Å²) in [5.41, 5.74) is 1.90. The summed E-state index contributed by atoms with van der Waals surface area (Å²) >= 11 is 0. The largest absolute Gasteiger partial charge is 0.458 e. The van der Waals surface area contributed by atoms with Crippen molar-refractivity contribution >= 4 is 11.9 Å². The first kappa shape index (κ1) is 11.9. The Bertz CT molecular complexity index is 414. The Morgan fingerprint density at radius 2 is 2.12 bits per heavy atom. The molecule has 0 spiro atoms. The lowest BCUT2D eigenvalue weighted by Gasteiger charge is -2.03. The normalized spacial score (nSPS) is 9.31. The van der Waals surface area contributed by atoms with Crippen LogP contribution < -0.4 is 5.48 Å². The van der Waals surface area contributed by atoms with Gasteiger partial charge in [-0.25, -0.2) is 10.3 Å². The zero-order valence-corrected chi connectivity index (χ0v) is 8.47. The van der Waals surface area contributed by atoms with Crippen molar-refractivity contribution in [2.24, 2.45) is 0 Å². The minimum Gasteiger partial charge on any atom is -0.458 e. The fourth-order valence-electron chi connectivity index (χ4n) is 1.07. The van der Waals surface area contributed by atoms with Crippen molar-refractivity contribution in [3.05, 3.63) is 48.0 Å². The molecule has 0 bridgehead atoms. The molecule has 0 unspecified atom stereocenters. The number of hydroxylamine groups is 1. The molecular formula is C11H11NO4. The highest BCUT2D eigenvalue weighted by molar-refractivity contribution is 5.97. The predicted octanol–water partition coefficient (Wildman–Crippen LogP) is 1.15. The summed E-state index contributed by atoms with van der Waals surface area (Å²) in [6.07, 6.45) is 1.45. The van der Waals surface area contributed by atoms with Crippen LogP contribution in [0.4, 0.5) is 0 Å². The third-order valence-electron chi connectivity index (χ3n) is 1.79. The van der Waals surface area contributed by atoms with E-state index in [1.54, 1.807) is 0 Å². The Balaban J connectivity index is 2.85. The zero-order chi connectivity index (χ0) is 12.0. The lowest BCUT2D eigenvalue weighted by molar-refractivity contribution is 0.0549. The molecule has 0 atom stereocenters. The van der Waals surface area contributed by atoms with Gasteiger partial charge in [0.25, 0.3) is 5.91 Å². The highest BCUT2D eigenvalue weighted by Crippen LogP contribution is 2.06. The lowest BCUT2D eigenvalue weighted by atomic mass is 10.1. The molecule has 84 valence electrons. The zero-order valence-electron chi connectivity index (χ0n) is 8.47. The van der Waals surface area contributed by atoms with Crippen LogP contribution in [-0.4, -0.2) is 23.7 Å². The average Bonchev–Trinajstić information content (AvgIpc) is 2.35. The van der Waals surface area contributed by atoms with Gasteiger partial charge < -0.3 is 4.74 Å². The van der Waals surface area contributed by atoms with Crippen molar-refractivity contribution in [2.45, 2.75) is 0 Å². The summed E-state index contributed by atoms with van der Waals surface area (Å²) in [6.45, 7) is 3.52. The van der Waals surface area contributed by atoms with Gasteiger partial charge in [0.15, 0.2) is 0 Å². The van der Waals surface area contributed by atoms with Crippen molar-refractivity contribution in [3.63, 3.8) is 0 Å². The number of ether oxygens (including phenoxy) is 1. The van der Waals surface area contributed by atoms with Gasteiger partial charge >= 0.3 is 5.97 Å². The van der Waals surface area contributed by atoms with E-state index in [0.29, 0.717) is 0 Å². The van der Waals surface area contributed by atoms with Crippen molar-refractivity contribution < 1.29 is 19.5 Å². The van der Waals surface area contributed by atoms with E-state index in [2.05, 4.69) is 6.58 Å². The number of carbonyl (C=O) groups excluding carboxylic acids is 2. The molecule has 2 N–H and O–H groups in total. The van der Waals surface area contributed by atoms with Crippen LogP contribution in [-0.2, 0) is 4.74 Å². The molecule has 16 heavy (non-hydrogen) atoms. The summed E-state index contributed by atoms with van der Waals surface area (Å²) in [4.78, 5) is 22.5. The Morgan fingerprint density at radius 1 is 1.44 bits per heavy atom. The van der Waals surface area contributed by atoms with Crippen LogP contribution in [0.15, 0.2) is 36.9 Å². The number of esters is 1. The molecule has 1 aromatic carbocycles. The molecule has 0 radical (unpaired) electrons. The number of hydrogen-bond donors (Lipinski definition) is 2. The molecule has 5 heteroatoms. The van der Waals surface area contributed by atoms with Gasteiger partial charge in [0.1, 0.15) is 6.61 Å². The first-order valence-electron chi connectivity index (χ1n) is 4.51. The molecule has 0 fully saturated rings. The maximum Gasteiger partial charge on any atom is 0.338 e. The van der Waals surface area contributed by atoms with E-state index < -0.39 is 11.9 Å². The molecular weight excluding hydrogens is 210 g/mol. The average molecular weight is 221 g/mol. The number of rotatable bonds is 4. The van der Waals surface area contributed by atoms with Crippen LogP contribution in [0.25, 0.3) is 0 Å². The smallest absolute Gasteiger partial charge is 0.338 e. The molecule has 5 nitrogen and oxygen atoms in total. The monoisotopic (exact) mass is 221 g/mol. The first-order valence-corrected chi connectivity index (χ1v) is 4.51. The number of nitrogens with one attached hydrogen (secondary N) is 1. The number of carbonyl (C=O) groups is 2. The summed E-state index contributed by atoms with van der Waals surface area (Å²) < 4.78 is 4.79. The molecule has 1 amide bonds. The second-order valence-electron chi connectivity index (χ2n) is 2.91. The van der Waals surface area contributed by atoms with Gasteiger partial charge in [0, 0.05) is 5.56 Å². The van der Waals surface area contributed by atoms with Crippen LogP contribution in [0, 0.1) is 0 Å². The van der Waals surface area contributed by atoms with Crippen LogP contribution in [0.2, 0.25) is 0 Å². The van der Waals surface area contributed by atoms with E-state index in [4.69, 9.17) is 9.94 Å². The maximum atomic E-state index is 11.4.